The van der Waals surface area contributed by atoms with Crippen LogP contribution < -0.4 is 4.74 Å². The minimum absolute atomic E-state index is 0.0607. The van der Waals surface area contributed by atoms with Crippen molar-refractivity contribution in [2.75, 3.05) is 13.7 Å². The molecule has 2 nitrogen and oxygen atoms in total. The summed E-state index contributed by atoms with van der Waals surface area (Å²) in [5.74, 6) is 0.855. The van der Waals surface area contributed by atoms with Crippen molar-refractivity contribution in [1.29, 1.82) is 0 Å². The summed E-state index contributed by atoms with van der Waals surface area (Å²) < 4.78 is 11.5. The van der Waals surface area contributed by atoms with Crippen LogP contribution in [0.2, 0.25) is 0 Å². The van der Waals surface area contributed by atoms with Crippen molar-refractivity contribution in [1.82, 2.24) is 0 Å². The number of epoxide rings is 1. The van der Waals surface area contributed by atoms with E-state index in [-0.39, 0.29) is 5.60 Å². The number of benzene rings is 1. The lowest BCUT2D eigenvalue weighted by Gasteiger charge is -2.08. The maximum Gasteiger partial charge on any atom is 0.133 e. The molecule has 1 heterocycles. The number of ether oxygens (including phenoxy) is 2. The Morgan fingerprint density at radius 2 is 2.23 bits per heavy atom. The zero-order valence-electron chi connectivity index (χ0n) is 7.63. The standard InChI is InChI=1S/C10H11BrO2/c1-10(6-13-10)7-3-4-9(12-2)8(11)5-7/h3-5H,6H2,1-2H3. The van der Waals surface area contributed by atoms with Crippen molar-refractivity contribution in [3.63, 3.8) is 0 Å². The Kier molecular flexibility index (Phi) is 2.08. The fourth-order valence-corrected chi connectivity index (χ4v) is 1.81. The minimum Gasteiger partial charge on any atom is -0.496 e. The number of hydrogen-bond acceptors (Lipinski definition) is 2. The van der Waals surface area contributed by atoms with Crippen LogP contribution in [0.15, 0.2) is 22.7 Å². The van der Waals surface area contributed by atoms with Crippen LogP contribution in [0.1, 0.15) is 12.5 Å². The lowest BCUT2D eigenvalue weighted by atomic mass is 10.0. The quantitative estimate of drug-likeness (QED) is 0.745. The lowest BCUT2D eigenvalue weighted by Crippen LogP contribution is -2.01. The lowest BCUT2D eigenvalue weighted by molar-refractivity contribution is 0.329. The Morgan fingerprint density at radius 1 is 1.54 bits per heavy atom. The predicted molar refractivity (Wildman–Crippen MR) is 54.0 cm³/mol. The zero-order valence-corrected chi connectivity index (χ0v) is 9.22. The van der Waals surface area contributed by atoms with Gasteiger partial charge in [-0.2, -0.15) is 0 Å². The molecule has 0 amide bonds. The molecule has 1 unspecified atom stereocenters. The normalized spacial score (nSPS) is 25.8. The van der Waals surface area contributed by atoms with Gasteiger partial charge in [-0.25, -0.2) is 0 Å². The third-order valence-corrected chi connectivity index (χ3v) is 2.96. The number of halogens is 1. The molecule has 0 aromatic heterocycles. The van der Waals surface area contributed by atoms with Crippen LogP contribution >= 0.6 is 15.9 Å². The van der Waals surface area contributed by atoms with Crippen LogP contribution in [0.5, 0.6) is 5.75 Å². The molecule has 2 rings (SSSR count). The van der Waals surface area contributed by atoms with Crippen molar-refractivity contribution in [3.05, 3.63) is 28.2 Å². The summed E-state index contributed by atoms with van der Waals surface area (Å²) in [6.45, 7) is 2.90. The van der Waals surface area contributed by atoms with Gasteiger partial charge in [0.1, 0.15) is 11.4 Å². The molecule has 1 saturated heterocycles. The first-order chi connectivity index (χ1) is 6.15. The van der Waals surface area contributed by atoms with E-state index < -0.39 is 0 Å². The first-order valence-electron chi connectivity index (χ1n) is 4.14. The second-order valence-corrected chi connectivity index (χ2v) is 4.22. The molecule has 1 aliphatic rings. The van der Waals surface area contributed by atoms with Crippen molar-refractivity contribution >= 4 is 15.9 Å². The van der Waals surface area contributed by atoms with Gasteiger partial charge in [-0.05, 0) is 40.5 Å². The summed E-state index contributed by atoms with van der Waals surface area (Å²) in [7, 11) is 1.66. The Labute approximate surface area is 86.0 Å². The van der Waals surface area contributed by atoms with Crippen LogP contribution in [0.3, 0.4) is 0 Å². The average Bonchev–Trinajstić information content (AvgIpc) is 2.85. The van der Waals surface area contributed by atoms with Crippen LogP contribution in [0.4, 0.5) is 0 Å². The second kappa shape index (κ2) is 3.00. The maximum absolute atomic E-state index is 5.35. The Bertz CT molecular complexity index is 332. The van der Waals surface area contributed by atoms with Crippen LogP contribution in [-0.2, 0) is 10.3 Å². The molecular weight excluding hydrogens is 232 g/mol. The van der Waals surface area contributed by atoms with Crippen molar-refractivity contribution in [2.24, 2.45) is 0 Å². The molecule has 70 valence electrons. The van der Waals surface area contributed by atoms with Gasteiger partial charge in [-0.15, -0.1) is 0 Å². The van der Waals surface area contributed by atoms with Crippen LogP contribution in [0.25, 0.3) is 0 Å². The van der Waals surface area contributed by atoms with E-state index in [4.69, 9.17) is 9.47 Å². The highest BCUT2D eigenvalue weighted by molar-refractivity contribution is 9.10. The zero-order chi connectivity index (χ0) is 9.47. The fraction of sp³-hybridized carbons (Fsp3) is 0.400. The predicted octanol–water partition coefficient (Wildman–Crippen LogP) is 2.70. The van der Waals surface area contributed by atoms with Gasteiger partial charge < -0.3 is 9.47 Å². The molecule has 0 saturated carbocycles. The van der Waals surface area contributed by atoms with E-state index in [1.807, 2.05) is 18.2 Å². The van der Waals surface area contributed by atoms with Gasteiger partial charge in [0.25, 0.3) is 0 Å². The third-order valence-electron chi connectivity index (χ3n) is 2.34. The number of rotatable bonds is 2. The monoisotopic (exact) mass is 242 g/mol. The molecule has 1 aliphatic heterocycles. The third kappa shape index (κ3) is 1.58. The smallest absolute Gasteiger partial charge is 0.133 e. The molecule has 1 aromatic rings. The number of hydrogen-bond donors (Lipinski definition) is 0. The van der Waals surface area contributed by atoms with Gasteiger partial charge in [0.05, 0.1) is 18.2 Å². The largest absolute Gasteiger partial charge is 0.496 e. The Morgan fingerprint density at radius 3 is 2.69 bits per heavy atom. The van der Waals surface area contributed by atoms with E-state index in [2.05, 4.69) is 22.9 Å². The molecular formula is C10H11BrO2. The molecule has 0 aliphatic carbocycles. The van der Waals surface area contributed by atoms with Crippen LogP contribution in [-0.4, -0.2) is 13.7 Å². The molecule has 0 spiro atoms. The molecule has 13 heavy (non-hydrogen) atoms. The molecule has 1 atom stereocenters. The summed E-state index contributed by atoms with van der Waals surface area (Å²) in [5, 5.41) is 0. The van der Waals surface area contributed by atoms with Crippen molar-refractivity contribution in [3.8, 4) is 5.75 Å². The Balaban J connectivity index is 2.36. The van der Waals surface area contributed by atoms with Crippen molar-refractivity contribution < 1.29 is 9.47 Å². The van der Waals surface area contributed by atoms with Gasteiger partial charge in [0, 0.05) is 0 Å². The molecule has 1 aromatic carbocycles. The topological polar surface area (TPSA) is 21.8 Å². The summed E-state index contributed by atoms with van der Waals surface area (Å²) in [6.07, 6.45) is 0. The number of methoxy groups -OCH3 is 1. The maximum atomic E-state index is 5.35. The summed E-state index contributed by atoms with van der Waals surface area (Å²) >= 11 is 3.45. The van der Waals surface area contributed by atoms with Gasteiger partial charge >= 0.3 is 0 Å². The molecule has 0 radical (unpaired) electrons. The summed E-state index contributed by atoms with van der Waals surface area (Å²) in [4.78, 5) is 0. The van der Waals surface area contributed by atoms with E-state index in [0.717, 1.165) is 16.8 Å². The fourth-order valence-electron chi connectivity index (χ4n) is 1.27. The summed E-state index contributed by atoms with van der Waals surface area (Å²) in [5.41, 5.74) is 1.13. The van der Waals surface area contributed by atoms with E-state index in [1.54, 1.807) is 7.11 Å². The van der Waals surface area contributed by atoms with E-state index >= 15 is 0 Å². The van der Waals surface area contributed by atoms with Gasteiger partial charge in [-0.1, -0.05) is 6.07 Å². The molecule has 0 N–H and O–H groups in total. The van der Waals surface area contributed by atoms with E-state index in [9.17, 15) is 0 Å². The van der Waals surface area contributed by atoms with Crippen LogP contribution in [0, 0.1) is 0 Å². The Hall–Kier alpha value is -0.540. The minimum atomic E-state index is -0.0607. The van der Waals surface area contributed by atoms with Gasteiger partial charge in [0.15, 0.2) is 0 Å². The molecule has 3 heteroatoms. The van der Waals surface area contributed by atoms with Gasteiger partial charge in [0.2, 0.25) is 0 Å². The van der Waals surface area contributed by atoms with Crippen molar-refractivity contribution in [2.45, 2.75) is 12.5 Å². The van der Waals surface area contributed by atoms with E-state index in [1.165, 1.54) is 5.56 Å². The SMILES string of the molecule is COc1ccc(C2(C)CO2)cc1Br. The molecule has 0 bridgehead atoms. The molecule has 1 fully saturated rings. The highest BCUT2D eigenvalue weighted by Crippen LogP contribution is 2.40. The van der Waals surface area contributed by atoms with E-state index in [0.29, 0.717) is 0 Å². The first-order valence-corrected chi connectivity index (χ1v) is 4.93. The highest BCUT2D eigenvalue weighted by atomic mass is 79.9. The average molecular weight is 243 g/mol. The highest BCUT2D eigenvalue weighted by Gasteiger charge is 2.41. The summed E-state index contributed by atoms with van der Waals surface area (Å²) in [6, 6.07) is 6.04. The first kappa shape index (κ1) is 9.03. The second-order valence-electron chi connectivity index (χ2n) is 3.37. The van der Waals surface area contributed by atoms with Gasteiger partial charge in [-0.3, -0.25) is 0 Å².